The summed E-state index contributed by atoms with van der Waals surface area (Å²) in [4.78, 5) is 32.2. The van der Waals surface area contributed by atoms with E-state index in [0.717, 1.165) is 69.8 Å². The van der Waals surface area contributed by atoms with E-state index < -0.39 is 0 Å². The Morgan fingerprint density at radius 1 is 1.03 bits per heavy atom. The second-order valence-electron chi connectivity index (χ2n) is 9.60. The second-order valence-corrected chi connectivity index (χ2v) is 10.0. The molecule has 2 aliphatic rings. The van der Waals surface area contributed by atoms with E-state index in [1.165, 1.54) is 0 Å². The molecule has 3 amide bonds. The summed E-state index contributed by atoms with van der Waals surface area (Å²) in [5.74, 6) is 0.183. The number of anilines is 1. The minimum absolute atomic E-state index is 0.0293. The molecule has 2 aliphatic heterocycles. The van der Waals surface area contributed by atoms with Crippen LogP contribution in [0.1, 0.15) is 41.1 Å². The van der Waals surface area contributed by atoms with Crippen LogP contribution in [0.15, 0.2) is 48.5 Å². The number of benzene rings is 2. The first-order valence-electron chi connectivity index (χ1n) is 12.6. The Morgan fingerprint density at radius 3 is 2.57 bits per heavy atom. The van der Waals surface area contributed by atoms with Crippen LogP contribution in [-0.2, 0) is 0 Å². The molecular weight excluding hydrogens is 462 g/mol. The van der Waals surface area contributed by atoms with E-state index in [1.54, 1.807) is 24.3 Å². The van der Waals surface area contributed by atoms with E-state index in [9.17, 15) is 9.59 Å². The summed E-state index contributed by atoms with van der Waals surface area (Å²) in [6.45, 7) is 7.48. The molecule has 2 saturated heterocycles. The highest BCUT2D eigenvalue weighted by atomic mass is 35.5. The molecule has 0 aliphatic carbocycles. The second kappa shape index (κ2) is 12.4. The average molecular weight is 498 g/mol. The molecule has 0 aromatic heterocycles. The van der Waals surface area contributed by atoms with Gasteiger partial charge in [-0.1, -0.05) is 23.7 Å². The number of nitrogens with one attached hydrogen (secondary N) is 2. The number of likely N-dealkylation sites (tertiary alicyclic amines) is 1. The van der Waals surface area contributed by atoms with Crippen LogP contribution >= 0.6 is 11.6 Å². The molecule has 7 nitrogen and oxygen atoms in total. The SMILES string of the molecule is CN1CCN(CCCNC(=O)c2cccc([C@@H]3CCCN(C(=O)Nc4ccc(Cl)cc4)C3)c2)CC1. The summed E-state index contributed by atoms with van der Waals surface area (Å²) in [7, 11) is 2.16. The van der Waals surface area contributed by atoms with Crippen molar-refractivity contribution in [1.29, 1.82) is 0 Å². The van der Waals surface area contributed by atoms with Crippen molar-refractivity contribution in [2.75, 3.05) is 64.7 Å². The molecule has 8 heteroatoms. The van der Waals surface area contributed by atoms with E-state index in [0.29, 0.717) is 23.7 Å². The monoisotopic (exact) mass is 497 g/mol. The highest BCUT2D eigenvalue weighted by Crippen LogP contribution is 2.28. The number of carbonyl (C=O) groups is 2. The maximum atomic E-state index is 12.8. The van der Waals surface area contributed by atoms with Crippen LogP contribution < -0.4 is 10.6 Å². The predicted octanol–water partition coefficient (Wildman–Crippen LogP) is 4.12. The van der Waals surface area contributed by atoms with E-state index >= 15 is 0 Å². The molecule has 0 radical (unpaired) electrons. The molecule has 0 unspecified atom stereocenters. The molecule has 2 aromatic rings. The van der Waals surface area contributed by atoms with Crippen molar-refractivity contribution in [3.63, 3.8) is 0 Å². The topological polar surface area (TPSA) is 67.9 Å². The molecule has 2 N–H and O–H groups in total. The first-order chi connectivity index (χ1) is 17.0. The van der Waals surface area contributed by atoms with Crippen LogP contribution in [0.3, 0.4) is 0 Å². The lowest BCUT2D eigenvalue weighted by Crippen LogP contribution is -2.45. The Morgan fingerprint density at radius 2 is 1.80 bits per heavy atom. The maximum Gasteiger partial charge on any atom is 0.321 e. The van der Waals surface area contributed by atoms with Crippen molar-refractivity contribution in [2.45, 2.75) is 25.2 Å². The van der Waals surface area contributed by atoms with Gasteiger partial charge in [0.05, 0.1) is 0 Å². The van der Waals surface area contributed by atoms with Gasteiger partial charge < -0.3 is 25.3 Å². The number of carbonyl (C=O) groups excluding carboxylic acids is 2. The molecule has 0 bridgehead atoms. The lowest BCUT2D eigenvalue weighted by Gasteiger charge is -2.33. The molecule has 1 atom stereocenters. The van der Waals surface area contributed by atoms with E-state index in [1.807, 2.05) is 23.1 Å². The van der Waals surface area contributed by atoms with Crippen molar-refractivity contribution in [1.82, 2.24) is 20.0 Å². The van der Waals surface area contributed by atoms with Crippen LogP contribution in [0.4, 0.5) is 10.5 Å². The van der Waals surface area contributed by atoms with E-state index in [-0.39, 0.29) is 17.9 Å². The fourth-order valence-corrected chi connectivity index (χ4v) is 4.91. The molecular formula is C27H36ClN5O2. The van der Waals surface area contributed by atoms with Crippen LogP contribution in [-0.4, -0.2) is 86.0 Å². The summed E-state index contributed by atoms with van der Waals surface area (Å²) >= 11 is 5.94. The first-order valence-corrected chi connectivity index (χ1v) is 13.0. The molecule has 35 heavy (non-hydrogen) atoms. The van der Waals surface area contributed by atoms with Gasteiger partial charge in [0.2, 0.25) is 0 Å². The summed E-state index contributed by atoms with van der Waals surface area (Å²) in [6.07, 6.45) is 2.89. The number of piperazine rings is 1. The Hall–Kier alpha value is -2.61. The minimum Gasteiger partial charge on any atom is -0.352 e. The Balaban J connectivity index is 1.26. The van der Waals surface area contributed by atoms with Crippen molar-refractivity contribution in [3.05, 3.63) is 64.7 Å². The van der Waals surface area contributed by atoms with Gasteiger partial charge in [-0.3, -0.25) is 4.79 Å². The van der Waals surface area contributed by atoms with Gasteiger partial charge in [0.25, 0.3) is 5.91 Å². The van der Waals surface area contributed by atoms with Gasteiger partial charge in [-0.2, -0.15) is 0 Å². The third-order valence-corrected chi connectivity index (χ3v) is 7.21. The molecule has 0 saturated carbocycles. The van der Waals surface area contributed by atoms with Gasteiger partial charge in [0, 0.05) is 68.0 Å². The average Bonchev–Trinajstić information content (AvgIpc) is 2.89. The number of hydrogen-bond donors (Lipinski definition) is 2. The lowest BCUT2D eigenvalue weighted by molar-refractivity contribution is 0.0949. The molecule has 2 aromatic carbocycles. The van der Waals surface area contributed by atoms with Crippen molar-refractivity contribution < 1.29 is 9.59 Å². The molecule has 0 spiro atoms. The third kappa shape index (κ3) is 7.43. The highest BCUT2D eigenvalue weighted by Gasteiger charge is 2.25. The van der Waals surface area contributed by atoms with Gasteiger partial charge in [0.1, 0.15) is 0 Å². The van der Waals surface area contributed by atoms with Crippen LogP contribution in [0.5, 0.6) is 0 Å². The normalized spacial score (nSPS) is 19.4. The molecule has 2 fully saturated rings. The zero-order valence-corrected chi connectivity index (χ0v) is 21.3. The van der Waals surface area contributed by atoms with Gasteiger partial charge in [-0.25, -0.2) is 4.79 Å². The number of likely N-dealkylation sites (N-methyl/N-ethyl adjacent to an activating group) is 1. The zero-order chi connectivity index (χ0) is 24.6. The predicted molar refractivity (Wildman–Crippen MR) is 141 cm³/mol. The van der Waals surface area contributed by atoms with Gasteiger partial charge in [0.15, 0.2) is 0 Å². The molecule has 188 valence electrons. The van der Waals surface area contributed by atoms with Crippen molar-refractivity contribution >= 4 is 29.2 Å². The number of halogens is 1. The smallest absolute Gasteiger partial charge is 0.321 e. The number of rotatable bonds is 7. The summed E-state index contributed by atoms with van der Waals surface area (Å²) in [5.41, 5.74) is 2.52. The molecule has 4 rings (SSSR count). The Labute approximate surface area is 213 Å². The number of nitrogens with zero attached hydrogens (tertiary/aromatic N) is 3. The number of piperidine rings is 1. The number of amides is 3. The van der Waals surface area contributed by atoms with E-state index in [2.05, 4.69) is 33.5 Å². The van der Waals surface area contributed by atoms with Gasteiger partial charge in [-0.15, -0.1) is 0 Å². The fraction of sp³-hybridized carbons (Fsp3) is 0.481. The summed E-state index contributed by atoms with van der Waals surface area (Å²) in [5, 5.41) is 6.67. The van der Waals surface area contributed by atoms with Crippen LogP contribution in [0, 0.1) is 0 Å². The maximum absolute atomic E-state index is 12.8. The summed E-state index contributed by atoms with van der Waals surface area (Å²) < 4.78 is 0. The van der Waals surface area contributed by atoms with Gasteiger partial charge >= 0.3 is 6.03 Å². The number of urea groups is 1. The quantitative estimate of drug-likeness (QED) is 0.565. The number of hydrogen-bond acceptors (Lipinski definition) is 4. The minimum atomic E-state index is -0.105. The third-order valence-electron chi connectivity index (χ3n) is 6.96. The lowest BCUT2D eigenvalue weighted by atomic mass is 9.89. The molecule has 2 heterocycles. The summed E-state index contributed by atoms with van der Waals surface area (Å²) in [6, 6.07) is 14.9. The largest absolute Gasteiger partial charge is 0.352 e. The van der Waals surface area contributed by atoms with Crippen LogP contribution in [0.25, 0.3) is 0 Å². The van der Waals surface area contributed by atoms with Crippen molar-refractivity contribution in [2.24, 2.45) is 0 Å². The van der Waals surface area contributed by atoms with Crippen LogP contribution in [0.2, 0.25) is 5.02 Å². The Kier molecular flexibility index (Phi) is 9.01. The highest BCUT2D eigenvalue weighted by molar-refractivity contribution is 6.30. The van der Waals surface area contributed by atoms with Crippen molar-refractivity contribution in [3.8, 4) is 0 Å². The zero-order valence-electron chi connectivity index (χ0n) is 20.5. The first kappa shape index (κ1) is 25.5. The van der Waals surface area contributed by atoms with Gasteiger partial charge in [-0.05, 0) is 74.8 Å². The fourth-order valence-electron chi connectivity index (χ4n) is 4.78. The standard InChI is InChI=1S/C27H36ClN5O2/c1-31-15-17-32(18-16-31)13-4-12-29-26(34)22-6-2-5-21(19-22)23-7-3-14-33(20-23)27(35)30-25-10-8-24(28)9-11-25/h2,5-6,8-11,19,23H,3-4,7,12-18,20H2,1H3,(H,29,34)(H,30,35)/t23-/m1/s1. The van der Waals surface area contributed by atoms with E-state index in [4.69, 9.17) is 11.6 Å². The Bertz CT molecular complexity index is 991.